The van der Waals surface area contributed by atoms with E-state index < -0.39 is 5.97 Å². The van der Waals surface area contributed by atoms with Crippen molar-refractivity contribution >= 4 is 33.9 Å². The molecule has 0 saturated heterocycles. The van der Waals surface area contributed by atoms with Gasteiger partial charge in [0.05, 0.1) is 0 Å². The molecule has 3 heteroatoms. The summed E-state index contributed by atoms with van der Waals surface area (Å²) in [7, 11) is 0. The molecule has 0 aromatic rings. The van der Waals surface area contributed by atoms with Crippen LogP contribution in [0.15, 0.2) is 0 Å². The monoisotopic (exact) mass is 194 g/mol. The molecule has 0 fully saturated rings. The van der Waals surface area contributed by atoms with Crippen LogP contribution in [0.1, 0.15) is 51.4 Å². The van der Waals surface area contributed by atoms with Gasteiger partial charge in [-0.15, -0.1) is 0 Å². The van der Waals surface area contributed by atoms with Gasteiger partial charge in [-0.2, -0.15) is 0 Å². The number of hydrogen-bond acceptors (Lipinski definition) is 1. The van der Waals surface area contributed by atoms with E-state index in [1.165, 1.54) is 63.7 Å². The van der Waals surface area contributed by atoms with Crippen molar-refractivity contribution in [1.29, 1.82) is 0 Å². The quantitative estimate of drug-likeness (QED) is 0.452. The molecular weight excluding hydrogens is 175 g/mol. The summed E-state index contributed by atoms with van der Waals surface area (Å²) in [6.07, 6.45) is 8.93. The topological polar surface area (TPSA) is 37.3 Å². The summed E-state index contributed by atoms with van der Waals surface area (Å²) in [5, 5.41) is 8.39. The van der Waals surface area contributed by atoms with Crippen molar-refractivity contribution < 1.29 is 9.90 Å². The van der Waals surface area contributed by atoms with Crippen LogP contribution < -0.4 is 0 Å². The number of unbranched alkanes of at least 4 members (excludes halogenated alkanes) is 6. The van der Waals surface area contributed by atoms with Gasteiger partial charge in [-0.05, 0) is 0 Å². The van der Waals surface area contributed by atoms with Crippen molar-refractivity contribution in [1.82, 2.24) is 0 Å². The van der Waals surface area contributed by atoms with Crippen LogP contribution in [0.2, 0.25) is 3.67 Å². The minimum absolute atomic E-state index is 0.348. The van der Waals surface area contributed by atoms with E-state index in [0.717, 1.165) is 12.8 Å². The van der Waals surface area contributed by atoms with Crippen LogP contribution in [0.4, 0.5) is 0 Å². The summed E-state index contributed by atoms with van der Waals surface area (Å²) in [6, 6.07) is 0. The fourth-order valence-electron chi connectivity index (χ4n) is 1.41. The van der Waals surface area contributed by atoms with E-state index in [-0.39, 0.29) is 0 Å². The zero-order valence-corrected chi connectivity index (χ0v) is 10.7. The molecule has 0 saturated carbocycles. The molecule has 0 rings (SSSR count). The molecular formula is C10H19NaO2. The van der Waals surface area contributed by atoms with E-state index in [9.17, 15) is 4.79 Å². The van der Waals surface area contributed by atoms with Crippen LogP contribution in [-0.2, 0) is 4.79 Å². The van der Waals surface area contributed by atoms with Crippen LogP contribution in [0.5, 0.6) is 0 Å². The number of aliphatic carboxylic acids is 1. The van der Waals surface area contributed by atoms with Crippen molar-refractivity contribution in [3.8, 4) is 0 Å². The Kier molecular flexibility index (Phi) is 10.9. The van der Waals surface area contributed by atoms with E-state index in [1.54, 1.807) is 0 Å². The van der Waals surface area contributed by atoms with Gasteiger partial charge < -0.3 is 0 Å². The first-order valence-corrected chi connectivity index (χ1v) is 6.90. The van der Waals surface area contributed by atoms with Gasteiger partial charge in [0, 0.05) is 0 Å². The maximum absolute atomic E-state index is 10.2. The van der Waals surface area contributed by atoms with Gasteiger partial charge in [0.15, 0.2) is 0 Å². The van der Waals surface area contributed by atoms with Crippen molar-refractivity contribution in [2.75, 3.05) is 0 Å². The second-order valence-electron chi connectivity index (χ2n) is 3.62. The Bertz CT molecular complexity index is 126. The number of carboxylic acid groups (broad SMARTS) is 1. The molecule has 72 valence electrons. The van der Waals surface area contributed by atoms with E-state index in [4.69, 9.17) is 5.11 Å². The van der Waals surface area contributed by atoms with Crippen LogP contribution in [0, 0.1) is 0 Å². The molecule has 0 aromatic heterocycles. The molecule has 13 heavy (non-hydrogen) atoms. The van der Waals surface area contributed by atoms with Crippen LogP contribution in [-0.4, -0.2) is 39.0 Å². The van der Waals surface area contributed by atoms with Crippen LogP contribution in [0.25, 0.3) is 0 Å². The fourth-order valence-corrected chi connectivity index (χ4v) is 1.91. The van der Waals surface area contributed by atoms with Crippen molar-refractivity contribution in [3.05, 3.63) is 0 Å². The van der Waals surface area contributed by atoms with Gasteiger partial charge in [-0.1, -0.05) is 0 Å². The first-order valence-electron chi connectivity index (χ1n) is 5.49. The number of carboxylic acids is 1. The van der Waals surface area contributed by atoms with Gasteiger partial charge >= 0.3 is 98.8 Å². The molecule has 0 aliphatic carbocycles. The zero-order valence-electron chi connectivity index (χ0n) is 8.72. The van der Waals surface area contributed by atoms with Gasteiger partial charge in [0.25, 0.3) is 0 Å². The third-order valence-corrected chi connectivity index (χ3v) is 2.95. The predicted octanol–water partition coefficient (Wildman–Crippen LogP) is 2.78. The Hall–Kier alpha value is 0.470. The van der Waals surface area contributed by atoms with Gasteiger partial charge in [-0.25, -0.2) is 0 Å². The summed E-state index contributed by atoms with van der Waals surface area (Å²) in [6.45, 7) is 0. The van der Waals surface area contributed by atoms with E-state index in [2.05, 4.69) is 0 Å². The molecule has 0 heterocycles. The maximum atomic E-state index is 10.2. The van der Waals surface area contributed by atoms with Crippen molar-refractivity contribution in [3.63, 3.8) is 0 Å². The molecule has 0 unspecified atom stereocenters. The normalized spacial score (nSPS) is 10.3. The fraction of sp³-hybridized carbons (Fsp3) is 0.900. The van der Waals surface area contributed by atoms with Crippen molar-refractivity contribution in [2.24, 2.45) is 0 Å². The Morgan fingerprint density at radius 1 is 0.923 bits per heavy atom. The Balaban J connectivity index is 2.87. The SMILES string of the molecule is O=C(O)CCCCCCCC[CH2][Na]. The average Bonchev–Trinajstić information content (AvgIpc) is 2.09. The third kappa shape index (κ3) is 12.5. The molecule has 0 radical (unpaired) electrons. The average molecular weight is 194 g/mol. The van der Waals surface area contributed by atoms with E-state index in [1.807, 2.05) is 0 Å². The minimum atomic E-state index is -0.657. The van der Waals surface area contributed by atoms with E-state index >= 15 is 0 Å². The van der Waals surface area contributed by atoms with Gasteiger partial charge in [-0.3, -0.25) is 0 Å². The third-order valence-electron chi connectivity index (χ3n) is 2.24. The van der Waals surface area contributed by atoms with Crippen molar-refractivity contribution in [2.45, 2.75) is 55.0 Å². The molecule has 1 N–H and O–H groups in total. The van der Waals surface area contributed by atoms with Gasteiger partial charge in [0.1, 0.15) is 0 Å². The molecule has 0 atom stereocenters. The zero-order chi connectivity index (χ0) is 9.94. The second-order valence-corrected chi connectivity index (χ2v) is 4.62. The Morgan fingerprint density at radius 2 is 1.38 bits per heavy atom. The first-order chi connectivity index (χ1) is 6.27. The summed E-state index contributed by atoms with van der Waals surface area (Å²) < 4.78 is 1.43. The summed E-state index contributed by atoms with van der Waals surface area (Å²) in [5.74, 6) is -0.657. The summed E-state index contributed by atoms with van der Waals surface area (Å²) in [5.41, 5.74) is 0. The van der Waals surface area contributed by atoms with E-state index in [0.29, 0.717) is 6.42 Å². The molecule has 0 amide bonds. The molecule has 0 spiro atoms. The van der Waals surface area contributed by atoms with Crippen LogP contribution in [0.3, 0.4) is 0 Å². The molecule has 0 aliphatic rings. The van der Waals surface area contributed by atoms with Gasteiger partial charge in [0.2, 0.25) is 0 Å². The molecule has 0 bridgehead atoms. The molecule has 0 aromatic carbocycles. The number of carbonyl (C=O) groups is 1. The summed E-state index contributed by atoms with van der Waals surface area (Å²) in [4.78, 5) is 10.2. The number of hydrogen-bond donors (Lipinski definition) is 1. The Labute approximate surface area is 98.5 Å². The number of rotatable bonds is 9. The summed E-state index contributed by atoms with van der Waals surface area (Å²) >= 11 is 1.34. The molecule has 0 aliphatic heterocycles. The predicted molar refractivity (Wildman–Crippen MR) is 55.1 cm³/mol. The first kappa shape index (κ1) is 13.5. The second kappa shape index (κ2) is 10.6. The van der Waals surface area contributed by atoms with Crippen LogP contribution >= 0.6 is 0 Å². The Morgan fingerprint density at radius 3 is 1.85 bits per heavy atom. The standard InChI is InChI=1S/C10H19O2.Na/c1-2-3-4-5-6-7-8-9-10(11)12;/h1-9H2,(H,11,12);. The molecule has 2 nitrogen and oxygen atoms in total.